The molecule has 0 aliphatic rings. The second kappa shape index (κ2) is 9.28. The third-order valence-electron chi connectivity index (χ3n) is 5.73. The minimum absolute atomic E-state index is 0.0235. The van der Waals surface area contributed by atoms with Gasteiger partial charge < -0.3 is 9.71 Å². The van der Waals surface area contributed by atoms with Crippen molar-refractivity contribution in [3.05, 3.63) is 88.9 Å². The largest absolute Gasteiger partial charge is 0.429 e. The third kappa shape index (κ3) is 4.72. The zero-order chi connectivity index (χ0) is 24.6. The molecule has 0 bridgehead atoms. The number of imidazole rings is 1. The van der Waals surface area contributed by atoms with Crippen molar-refractivity contribution >= 4 is 49.5 Å². The third-order valence-corrected chi connectivity index (χ3v) is 7.27. The molecule has 0 saturated carbocycles. The Balaban J connectivity index is 1.69. The number of hydrogen-bond donors (Lipinski definition) is 0. The number of fused-ring (bicyclic) bond motifs is 2. The number of rotatable bonds is 7. The lowest BCUT2D eigenvalue weighted by Gasteiger charge is -2.18. The zero-order valence-electron chi connectivity index (χ0n) is 19.3. The van der Waals surface area contributed by atoms with E-state index in [1.165, 1.54) is 24.3 Å². The van der Waals surface area contributed by atoms with Crippen LogP contribution in [0.5, 0.6) is 0 Å². The van der Waals surface area contributed by atoms with Gasteiger partial charge in [-0.2, -0.15) is 4.57 Å². The van der Waals surface area contributed by atoms with E-state index in [1.54, 1.807) is 6.07 Å². The summed E-state index contributed by atoms with van der Waals surface area (Å²) in [5.41, 5.74) is 3.12. The van der Waals surface area contributed by atoms with Crippen LogP contribution in [-0.4, -0.2) is 23.0 Å². The van der Waals surface area contributed by atoms with Crippen LogP contribution in [0.25, 0.3) is 32.6 Å². The Morgan fingerprint density at radius 3 is 2.31 bits per heavy atom. The van der Waals surface area contributed by atoms with Crippen LogP contribution in [0.2, 0.25) is 5.02 Å². The molecule has 0 atom stereocenters. The summed E-state index contributed by atoms with van der Waals surface area (Å²) in [6.07, 6.45) is 2.95. The standard InChI is InChI=1S/C26H24ClN5O2S/c1-18(2)15-16-31-17-32(24-10-6-5-9-23(24)31)26-25(28-21-7-3-4-8-22(21)29-26)30-35(33,34)20-13-11-19(27)12-14-20/h3-14,17-18H,15-16H2,1-2H3. The number of aromatic nitrogens is 4. The maximum Gasteiger partial charge on any atom is 0.251 e. The zero-order valence-corrected chi connectivity index (χ0v) is 20.9. The molecule has 0 saturated heterocycles. The van der Waals surface area contributed by atoms with Crippen molar-refractivity contribution in [2.75, 3.05) is 0 Å². The molecule has 0 N–H and O–H groups in total. The molecule has 0 radical (unpaired) electrons. The van der Waals surface area contributed by atoms with Crippen molar-refractivity contribution in [3.63, 3.8) is 0 Å². The highest BCUT2D eigenvalue weighted by Gasteiger charge is 2.21. The van der Waals surface area contributed by atoms with Crippen molar-refractivity contribution in [1.82, 2.24) is 14.5 Å². The maximum absolute atomic E-state index is 13.2. The molecule has 2 heterocycles. The lowest BCUT2D eigenvalue weighted by atomic mass is 10.1. The molecular formula is C26H24ClN5O2S. The number of halogens is 1. The Morgan fingerprint density at radius 2 is 1.60 bits per heavy atom. The summed E-state index contributed by atoms with van der Waals surface area (Å²) in [4.78, 5) is 9.44. The molecule has 7 nitrogen and oxygen atoms in total. The first kappa shape index (κ1) is 23.3. The number of hydrogen-bond acceptors (Lipinski definition) is 4. The average molecular weight is 506 g/mol. The second-order valence-electron chi connectivity index (χ2n) is 8.73. The van der Waals surface area contributed by atoms with Crippen molar-refractivity contribution < 1.29 is 13.0 Å². The molecule has 5 rings (SSSR count). The smallest absolute Gasteiger partial charge is 0.251 e. The predicted octanol–water partition coefficient (Wildman–Crippen LogP) is 5.95. The molecule has 35 heavy (non-hydrogen) atoms. The van der Waals surface area contributed by atoms with Crippen LogP contribution in [0.4, 0.5) is 5.82 Å². The van der Waals surface area contributed by atoms with E-state index in [0.717, 1.165) is 24.0 Å². The van der Waals surface area contributed by atoms with E-state index >= 15 is 0 Å². The maximum atomic E-state index is 13.2. The van der Waals surface area contributed by atoms with E-state index in [-0.39, 0.29) is 10.7 Å². The van der Waals surface area contributed by atoms with Gasteiger partial charge in [-0.1, -0.05) is 55.8 Å². The Kier molecular flexibility index (Phi) is 6.17. The van der Waals surface area contributed by atoms with Crippen LogP contribution in [-0.2, 0) is 16.6 Å². The number of para-hydroxylation sites is 4. The molecule has 9 heteroatoms. The van der Waals surface area contributed by atoms with Crippen LogP contribution in [0.3, 0.4) is 0 Å². The summed E-state index contributed by atoms with van der Waals surface area (Å²) in [6.45, 7) is 5.20. The minimum atomic E-state index is -4.05. The van der Waals surface area contributed by atoms with Gasteiger partial charge in [0.15, 0.2) is 11.0 Å². The first-order chi connectivity index (χ1) is 16.8. The summed E-state index contributed by atoms with van der Waals surface area (Å²) < 4.78 is 34.5. The summed E-state index contributed by atoms with van der Waals surface area (Å²) >= 11 is 5.94. The summed E-state index contributed by atoms with van der Waals surface area (Å²) in [5, 5.41) is 0.444. The Labute approximate surface area is 209 Å². The van der Waals surface area contributed by atoms with Gasteiger partial charge in [0, 0.05) is 10.8 Å². The van der Waals surface area contributed by atoms with Gasteiger partial charge in [-0.3, -0.25) is 0 Å². The normalized spacial score (nSPS) is 12.0. The quantitative estimate of drug-likeness (QED) is 0.256. The molecular weight excluding hydrogens is 482 g/mol. The van der Waals surface area contributed by atoms with E-state index in [1.807, 2.05) is 53.4 Å². The summed E-state index contributed by atoms with van der Waals surface area (Å²) in [6, 6.07) is 21.2. The Hall–Kier alpha value is -3.49. The number of benzene rings is 3. The molecule has 0 amide bonds. The van der Waals surface area contributed by atoms with Gasteiger partial charge in [-0.15, -0.1) is 0 Å². The topological polar surface area (TPSA) is 82.8 Å². The lowest BCUT2D eigenvalue weighted by molar-refractivity contribution is -0.673. The van der Waals surface area contributed by atoms with Crippen molar-refractivity contribution in [2.24, 2.45) is 5.92 Å². The molecule has 3 aromatic carbocycles. The Morgan fingerprint density at radius 1 is 0.943 bits per heavy atom. The van der Waals surface area contributed by atoms with Gasteiger partial charge in [-0.25, -0.2) is 18.0 Å². The Bertz CT molecular complexity index is 1630. The van der Waals surface area contributed by atoms with E-state index in [0.29, 0.717) is 27.8 Å². The average Bonchev–Trinajstić information content (AvgIpc) is 3.21. The molecule has 5 aromatic rings. The molecule has 0 aliphatic carbocycles. The number of sulfonamides is 1. The van der Waals surface area contributed by atoms with Gasteiger partial charge in [0.25, 0.3) is 6.33 Å². The first-order valence-corrected chi connectivity index (χ1v) is 13.1. The van der Waals surface area contributed by atoms with E-state index < -0.39 is 10.0 Å². The molecule has 0 fully saturated rings. The molecule has 0 spiro atoms. The van der Waals surface area contributed by atoms with Crippen LogP contribution >= 0.6 is 11.6 Å². The number of aryl methyl sites for hydroxylation is 1. The first-order valence-electron chi connectivity index (χ1n) is 11.3. The van der Waals surface area contributed by atoms with E-state index in [9.17, 15) is 8.42 Å². The van der Waals surface area contributed by atoms with Crippen LogP contribution in [0.15, 0.2) is 84.0 Å². The summed E-state index contributed by atoms with van der Waals surface area (Å²) in [5.74, 6) is 0.913. The fourth-order valence-corrected chi connectivity index (χ4v) is 4.96. The van der Waals surface area contributed by atoms with Gasteiger partial charge >= 0.3 is 0 Å². The van der Waals surface area contributed by atoms with Gasteiger partial charge in [0.2, 0.25) is 15.8 Å². The lowest BCUT2D eigenvalue weighted by Crippen LogP contribution is -2.32. The van der Waals surface area contributed by atoms with Crippen LogP contribution < -0.4 is 4.57 Å². The second-order valence-corrected chi connectivity index (χ2v) is 10.8. The monoisotopic (exact) mass is 505 g/mol. The molecule has 2 aromatic heterocycles. The van der Waals surface area contributed by atoms with E-state index in [4.69, 9.17) is 16.6 Å². The van der Waals surface area contributed by atoms with Crippen LogP contribution in [0, 0.1) is 5.92 Å². The highest BCUT2D eigenvalue weighted by atomic mass is 35.5. The highest BCUT2D eigenvalue weighted by molar-refractivity contribution is 7.94. The van der Waals surface area contributed by atoms with Crippen molar-refractivity contribution in [2.45, 2.75) is 31.7 Å². The van der Waals surface area contributed by atoms with Gasteiger partial charge in [0.05, 0.1) is 17.0 Å². The molecule has 0 unspecified atom stereocenters. The fraction of sp³-hybridized carbons (Fsp3) is 0.192. The van der Waals surface area contributed by atoms with Crippen molar-refractivity contribution in [1.29, 1.82) is 0 Å². The fourth-order valence-electron chi connectivity index (χ4n) is 3.90. The SMILES string of the molecule is CC(C)CC[n+]1cn(-c2nc3ccccc3nc2[N-]S(=O)(=O)c2ccc(Cl)cc2)c2ccccc21. The van der Waals surface area contributed by atoms with Crippen molar-refractivity contribution in [3.8, 4) is 5.82 Å². The van der Waals surface area contributed by atoms with Crippen LogP contribution in [0.1, 0.15) is 20.3 Å². The highest BCUT2D eigenvalue weighted by Crippen LogP contribution is 2.33. The van der Waals surface area contributed by atoms with Gasteiger partial charge in [-0.05, 0) is 60.3 Å². The van der Waals surface area contributed by atoms with E-state index in [2.05, 4.69) is 28.1 Å². The number of nitrogens with zero attached hydrogens (tertiary/aromatic N) is 5. The summed E-state index contributed by atoms with van der Waals surface area (Å²) in [7, 11) is -4.05. The molecule has 0 aliphatic heterocycles. The molecule has 178 valence electrons. The van der Waals surface area contributed by atoms with Gasteiger partial charge in [0.1, 0.15) is 0 Å². The minimum Gasteiger partial charge on any atom is -0.429 e. The predicted molar refractivity (Wildman–Crippen MR) is 138 cm³/mol.